The highest BCUT2D eigenvalue weighted by Gasteiger charge is 2.33. The van der Waals surface area contributed by atoms with E-state index in [1.54, 1.807) is 36.4 Å². The van der Waals surface area contributed by atoms with Gasteiger partial charge in [-0.1, -0.05) is 54.1 Å². The SMILES string of the molecule is Cc1cccc(CN2C(=O)N/C(=C/c3cccc(OCc4ccc(F)cc4)c3)C2=O)c1. The van der Waals surface area contributed by atoms with Crippen LogP contribution in [0.25, 0.3) is 6.08 Å². The Morgan fingerprint density at radius 3 is 2.52 bits per heavy atom. The van der Waals surface area contributed by atoms with Crippen LogP contribution in [0.4, 0.5) is 9.18 Å². The smallest absolute Gasteiger partial charge is 0.329 e. The lowest BCUT2D eigenvalue weighted by molar-refractivity contribution is -0.123. The molecule has 0 spiro atoms. The summed E-state index contributed by atoms with van der Waals surface area (Å²) in [5, 5.41) is 2.64. The number of benzene rings is 3. The second-order valence-corrected chi connectivity index (χ2v) is 7.36. The number of rotatable bonds is 6. The van der Waals surface area contributed by atoms with Crippen molar-refractivity contribution in [3.05, 3.63) is 107 Å². The first-order chi connectivity index (χ1) is 15.0. The van der Waals surface area contributed by atoms with E-state index in [1.165, 1.54) is 17.0 Å². The Morgan fingerprint density at radius 2 is 1.74 bits per heavy atom. The van der Waals surface area contributed by atoms with Gasteiger partial charge in [0.15, 0.2) is 0 Å². The van der Waals surface area contributed by atoms with Crippen molar-refractivity contribution in [2.45, 2.75) is 20.1 Å². The number of hydrogen-bond acceptors (Lipinski definition) is 3. The summed E-state index contributed by atoms with van der Waals surface area (Å²) in [7, 11) is 0. The molecular formula is C25H21FN2O3. The third-order valence-corrected chi connectivity index (χ3v) is 4.87. The topological polar surface area (TPSA) is 58.6 Å². The van der Waals surface area contributed by atoms with Crippen molar-refractivity contribution in [3.8, 4) is 5.75 Å². The second kappa shape index (κ2) is 8.83. The van der Waals surface area contributed by atoms with E-state index in [9.17, 15) is 14.0 Å². The summed E-state index contributed by atoms with van der Waals surface area (Å²) in [6.45, 7) is 2.47. The van der Waals surface area contributed by atoms with Crippen LogP contribution in [0.2, 0.25) is 0 Å². The Labute approximate surface area is 179 Å². The van der Waals surface area contributed by atoms with Gasteiger partial charge in [-0.2, -0.15) is 0 Å². The zero-order chi connectivity index (χ0) is 21.8. The van der Waals surface area contributed by atoms with Crippen LogP contribution < -0.4 is 10.1 Å². The molecular weight excluding hydrogens is 395 g/mol. The average Bonchev–Trinajstić information content (AvgIpc) is 3.01. The van der Waals surface area contributed by atoms with E-state index in [0.29, 0.717) is 12.4 Å². The van der Waals surface area contributed by atoms with Crippen molar-refractivity contribution in [1.82, 2.24) is 10.2 Å². The Bertz CT molecular complexity index is 1160. The Hall–Kier alpha value is -3.93. The molecule has 0 unspecified atom stereocenters. The van der Waals surface area contributed by atoms with Gasteiger partial charge in [0.25, 0.3) is 5.91 Å². The van der Waals surface area contributed by atoms with E-state index < -0.39 is 6.03 Å². The highest BCUT2D eigenvalue weighted by molar-refractivity contribution is 6.13. The molecule has 0 radical (unpaired) electrons. The molecule has 1 fully saturated rings. The number of amides is 3. The summed E-state index contributed by atoms with van der Waals surface area (Å²) >= 11 is 0. The maximum absolute atomic E-state index is 13.0. The number of urea groups is 1. The number of imide groups is 1. The summed E-state index contributed by atoms with van der Waals surface area (Å²) < 4.78 is 18.8. The zero-order valence-corrected chi connectivity index (χ0v) is 17.0. The molecule has 3 aromatic rings. The number of ether oxygens (including phenoxy) is 1. The summed E-state index contributed by atoms with van der Waals surface area (Å²) in [4.78, 5) is 26.3. The van der Waals surface area contributed by atoms with Crippen LogP contribution in [0.3, 0.4) is 0 Å². The van der Waals surface area contributed by atoms with Gasteiger partial charge in [0.2, 0.25) is 0 Å². The van der Waals surface area contributed by atoms with Crippen molar-refractivity contribution in [2.75, 3.05) is 0 Å². The predicted molar refractivity (Wildman–Crippen MR) is 115 cm³/mol. The normalized spacial score (nSPS) is 14.8. The number of nitrogens with zero attached hydrogens (tertiary/aromatic N) is 1. The van der Waals surface area contributed by atoms with Crippen LogP contribution in [0.15, 0.2) is 78.5 Å². The predicted octanol–water partition coefficient (Wildman–Crippen LogP) is 4.81. The molecule has 3 amide bonds. The first-order valence-corrected chi connectivity index (χ1v) is 9.85. The van der Waals surface area contributed by atoms with Gasteiger partial charge in [-0.15, -0.1) is 0 Å². The maximum Gasteiger partial charge on any atom is 0.329 e. The summed E-state index contributed by atoms with van der Waals surface area (Å²) in [6, 6.07) is 20.6. The fraction of sp³-hybridized carbons (Fsp3) is 0.120. The van der Waals surface area contributed by atoms with Gasteiger partial charge < -0.3 is 10.1 Å². The fourth-order valence-corrected chi connectivity index (χ4v) is 3.32. The molecule has 156 valence electrons. The van der Waals surface area contributed by atoms with E-state index >= 15 is 0 Å². The molecule has 0 aliphatic carbocycles. The molecule has 0 saturated carbocycles. The van der Waals surface area contributed by atoms with E-state index in [2.05, 4.69) is 5.32 Å². The number of hydrogen-bond donors (Lipinski definition) is 1. The monoisotopic (exact) mass is 416 g/mol. The molecule has 31 heavy (non-hydrogen) atoms. The Morgan fingerprint density at radius 1 is 0.968 bits per heavy atom. The largest absolute Gasteiger partial charge is 0.489 e. The van der Waals surface area contributed by atoms with Crippen LogP contribution >= 0.6 is 0 Å². The lowest BCUT2D eigenvalue weighted by Gasteiger charge is -2.12. The number of carbonyl (C=O) groups is 2. The lowest BCUT2D eigenvalue weighted by Crippen LogP contribution is -2.30. The molecule has 5 nitrogen and oxygen atoms in total. The van der Waals surface area contributed by atoms with E-state index in [0.717, 1.165) is 22.3 Å². The first-order valence-electron chi connectivity index (χ1n) is 9.85. The van der Waals surface area contributed by atoms with Gasteiger partial charge in [-0.05, 0) is 54.0 Å². The molecule has 4 rings (SSSR count). The molecule has 1 heterocycles. The fourth-order valence-electron chi connectivity index (χ4n) is 3.32. The molecule has 1 aliphatic rings. The van der Waals surface area contributed by atoms with Crippen molar-refractivity contribution < 1.29 is 18.7 Å². The highest BCUT2D eigenvalue weighted by Crippen LogP contribution is 2.21. The second-order valence-electron chi connectivity index (χ2n) is 7.36. The summed E-state index contributed by atoms with van der Waals surface area (Å²) in [5.41, 5.74) is 3.74. The number of nitrogens with one attached hydrogen (secondary N) is 1. The molecule has 1 aliphatic heterocycles. The van der Waals surface area contributed by atoms with Gasteiger partial charge in [0, 0.05) is 0 Å². The number of aryl methyl sites for hydroxylation is 1. The molecule has 1 saturated heterocycles. The van der Waals surface area contributed by atoms with Crippen LogP contribution in [-0.4, -0.2) is 16.8 Å². The molecule has 1 N–H and O–H groups in total. The molecule has 6 heteroatoms. The van der Waals surface area contributed by atoms with Gasteiger partial charge in [-0.25, -0.2) is 9.18 Å². The maximum atomic E-state index is 13.0. The van der Waals surface area contributed by atoms with Crippen molar-refractivity contribution in [2.24, 2.45) is 0 Å². The summed E-state index contributed by atoms with van der Waals surface area (Å²) in [5.74, 6) is -0.0618. The average molecular weight is 416 g/mol. The minimum absolute atomic E-state index is 0.213. The molecule has 3 aromatic carbocycles. The molecule has 0 bridgehead atoms. The van der Waals surface area contributed by atoms with E-state index in [-0.39, 0.29) is 24.0 Å². The van der Waals surface area contributed by atoms with Crippen LogP contribution in [0, 0.1) is 12.7 Å². The van der Waals surface area contributed by atoms with Gasteiger partial charge >= 0.3 is 6.03 Å². The van der Waals surface area contributed by atoms with Crippen LogP contribution in [0.1, 0.15) is 22.3 Å². The minimum Gasteiger partial charge on any atom is -0.489 e. The van der Waals surface area contributed by atoms with Gasteiger partial charge in [0.1, 0.15) is 23.9 Å². The van der Waals surface area contributed by atoms with Crippen LogP contribution in [-0.2, 0) is 17.9 Å². The van der Waals surface area contributed by atoms with E-state index in [1.807, 2.05) is 37.3 Å². The Kier molecular flexibility index (Phi) is 5.80. The van der Waals surface area contributed by atoms with Crippen molar-refractivity contribution >= 4 is 18.0 Å². The van der Waals surface area contributed by atoms with Gasteiger partial charge in [0.05, 0.1) is 6.54 Å². The third kappa shape index (κ3) is 4.98. The number of carbonyl (C=O) groups excluding carboxylic acids is 2. The highest BCUT2D eigenvalue weighted by atomic mass is 19.1. The molecule has 0 atom stereocenters. The van der Waals surface area contributed by atoms with Crippen molar-refractivity contribution in [1.29, 1.82) is 0 Å². The quantitative estimate of drug-likeness (QED) is 0.464. The number of halogens is 1. The Balaban J connectivity index is 1.45. The van der Waals surface area contributed by atoms with Crippen LogP contribution in [0.5, 0.6) is 5.75 Å². The zero-order valence-electron chi connectivity index (χ0n) is 17.0. The lowest BCUT2D eigenvalue weighted by atomic mass is 10.1. The first kappa shape index (κ1) is 20.3. The third-order valence-electron chi connectivity index (χ3n) is 4.87. The van der Waals surface area contributed by atoms with E-state index in [4.69, 9.17) is 4.74 Å². The molecule has 0 aromatic heterocycles. The van der Waals surface area contributed by atoms with Crippen molar-refractivity contribution in [3.63, 3.8) is 0 Å². The minimum atomic E-state index is -0.443. The summed E-state index contributed by atoms with van der Waals surface area (Å²) in [6.07, 6.45) is 1.63. The van der Waals surface area contributed by atoms with Gasteiger partial charge in [-0.3, -0.25) is 9.69 Å². The standard InChI is InChI=1S/C25H21FN2O3/c1-17-4-2-6-20(12-17)15-28-24(29)23(27-25(28)30)14-19-5-3-7-22(13-19)31-16-18-8-10-21(26)11-9-18/h2-14H,15-16H2,1H3,(H,27,30)/b23-14+.